The molecule has 0 spiro atoms. The van der Waals surface area contributed by atoms with Crippen LogP contribution in [-0.2, 0) is 0 Å². The van der Waals surface area contributed by atoms with Crippen molar-refractivity contribution < 1.29 is 27.4 Å². The van der Waals surface area contributed by atoms with E-state index in [0.29, 0.717) is 65.3 Å². The molecule has 0 N–H and O–H groups in total. The molecule has 0 atom stereocenters. The van der Waals surface area contributed by atoms with Gasteiger partial charge in [0.1, 0.15) is 5.75 Å². The van der Waals surface area contributed by atoms with E-state index in [1.54, 1.807) is 23.7 Å². The first kappa shape index (κ1) is 27.3. The molecule has 5 rings (SSSR count). The second-order valence-corrected chi connectivity index (χ2v) is 10.1. The van der Waals surface area contributed by atoms with Crippen LogP contribution in [0.25, 0.3) is 28.2 Å². The molecular weight excluding hydrogens is 543 g/mol. The van der Waals surface area contributed by atoms with E-state index in [1.165, 1.54) is 27.9 Å². The predicted molar refractivity (Wildman–Crippen MR) is 145 cm³/mol. The van der Waals surface area contributed by atoms with E-state index < -0.39 is 6.36 Å². The number of rotatable bonds is 11. The Balaban J connectivity index is 1.51. The molecule has 0 saturated heterocycles. The third-order valence-corrected chi connectivity index (χ3v) is 6.91. The second-order valence-electron chi connectivity index (χ2n) is 9.18. The largest absolute Gasteiger partial charge is 0.573 e. The lowest BCUT2D eigenvalue weighted by molar-refractivity contribution is -0.274. The van der Waals surface area contributed by atoms with Crippen molar-refractivity contribution in [2.45, 2.75) is 32.0 Å². The highest BCUT2D eigenvalue weighted by atomic mass is 32.1. The van der Waals surface area contributed by atoms with Crippen molar-refractivity contribution in [3.05, 3.63) is 75.7 Å². The first-order valence-corrected chi connectivity index (χ1v) is 13.5. The Morgan fingerprint density at radius 3 is 2.65 bits per heavy atom. The Labute approximate surface area is 231 Å². The lowest BCUT2D eigenvalue weighted by atomic mass is 10.0. The van der Waals surface area contributed by atoms with Crippen molar-refractivity contribution in [3.8, 4) is 34.4 Å². The summed E-state index contributed by atoms with van der Waals surface area (Å²) in [4.78, 5) is 18.6. The number of nitrogens with zero attached hydrogens (tertiary/aromatic N) is 3. The molecule has 1 fully saturated rings. The lowest BCUT2D eigenvalue weighted by Gasteiger charge is -2.15. The maximum atomic E-state index is 13.4. The first-order chi connectivity index (χ1) is 19.3. The van der Waals surface area contributed by atoms with Gasteiger partial charge in [0.2, 0.25) is 0 Å². The molecule has 1 aliphatic rings. The van der Waals surface area contributed by atoms with Crippen molar-refractivity contribution in [2.24, 2.45) is 5.92 Å². The quantitative estimate of drug-likeness (QED) is 0.182. The molecule has 2 heterocycles. The number of ether oxygens (including phenoxy) is 3. The number of fused-ring (bicyclic) bond motifs is 1. The van der Waals surface area contributed by atoms with Crippen LogP contribution >= 0.6 is 11.3 Å². The SMILES string of the molecule is N#CCCCOc1cccc(/C=C/c2nc3sccn3c(=O)c2-c2ccc(OC(F)(F)F)cc2)c1OCC1CC1. The van der Waals surface area contributed by atoms with Gasteiger partial charge in [-0.1, -0.05) is 24.3 Å². The molecule has 0 radical (unpaired) electrons. The van der Waals surface area contributed by atoms with E-state index in [2.05, 4.69) is 15.8 Å². The van der Waals surface area contributed by atoms with Gasteiger partial charge in [0, 0.05) is 23.6 Å². The molecule has 2 aromatic carbocycles. The van der Waals surface area contributed by atoms with E-state index in [4.69, 9.17) is 14.7 Å². The van der Waals surface area contributed by atoms with Crippen molar-refractivity contribution in [1.82, 2.24) is 9.38 Å². The summed E-state index contributed by atoms with van der Waals surface area (Å²) >= 11 is 1.29. The van der Waals surface area contributed by atoms with Crippen molar-refractivity contribution in [2.75, 3.05) is 13.2 Å². The third-order valence-electron chi connectivity index (χ3n) is 6.15. The number of halogens is 3. The summed E-state index contributed by atoms with van der Waals surface area (Å²) in [5.41, 5.74) is 1.34. The van der Waals surface area contributed by atoms with Gasteiger partial charge >= 0.3 is 6.36 Å². The van der Waals surface area contributed by atoms with Crippen molar-refractivity contribution in [3.63, 3.8) is 0 Å². The molecule has 0 amide bonds. The third kappa shape index (κ3) is 6.63. The number of nitriles is 1. The maximum absolute atomic E-state index is 13.4. The van der Waals surface area contributed by atoms with Crippen LogP contribution in [0.1, 0.15) is 36.9 Å². The summed E-state index contributed by atoms with van der Waals surface area (Å²) < 4.78 is 55.4. The molecular formula is C29H24F3N3O4S. The first-order valence-electron chi connectivity index (χ1n) is 12.6. The van der Waals surface area contributed by atoms with Crippen LogP contribution < -0.4 is 19.8 Å². The fourth-order valence-electron chi connectivity index (χ4n) is 4.03. The number of hydrogen-bond acceptors (Lipinski definition) is 7. The molecule has 40 heavy (non-hydrogen) atoms. The van der Waals surface area contributed by atoms with Crippen LogP contribution in [0.15, 0.2) is 58.8 Å². The topological polar surface area (TPSA) is 85.8 Å². The van der Waals surface area contributed by atoms with Crippen LogP contribution in [0.4, 0.5) is 13.2 Å². The zero-order chi connectivity index (χ0) is 28.1. The van der Waals surface area contributed by atoms with Crippen LogP contribution in [-0.4, -0.2) is 29.0 Å². The Morgan fingerprint density at radius 1 is 1.12 bits per heavy atom. The molecule has 7 nitrogen and oxygen atoms in total. The second kappa shape index (κ2) is 11.8. The van der Waals surface area contributed by atoms with Gasteiger partial charge < -0.3 is 14.2 Å². The summed E-state index contributed by atoms with van der Waals surface area (Å²) in [6.45, 7) is 0.920. The summed E-state index contributed by atoms with van der Waals surface area (Å²) in [5, 5.41) is 10.5. The summed E-state index contributed by atoms with van der Waals surface area (Å²) in [6.07, 6.45) is 3.45. The highest BCUT2D eigenvalue weighted by molar-refractivity contribution is 7.15. The lowest BCUT2D eigenvalue weighted by Crippen LogP contribution is -2.18. The monoisotopic (exact) mass is 567 g/mol. The fraction of sp³-hybridized carbons (Fsp3) is 0.276. The van der Waals surface area contributed by atoms with E-state index in [9.17, 15) is 18.0 Å². The summed E-state index contributed by atoms with van der Waals surface area (Å²) in [6, 6.07) is 12.7. The average Bonchev–Trinajstić information content (AvgIpc) is 3.63. The van der Waals surface area contributed by atoms with Gasteiger partial charge in [-0.05, 0) is 61.1 Å². The molecule has 4 aromatic rings. The van der Waals surface area contributed by atoms with Crippen LogP contribution in [0.2, 0.25) is 0 Å². The van der Waals surface area contributed by atoms with Crippen LogP contribution in [0.3, 0.4) is 0 Å². The highest BCUT2D eigenvalue weighted by Crippen LogP contribution is 2.37. The zero-order valence-electron chi connectivity index (χ0n) is 21.2. The van der Waals surface area contributed by atoms with E-state index in [1.807, 2.05) is 18.2 Å². The molecule has 1 aliphatic carbocycles. The Morgan fingerprint density at radius 2 is 1.93 bits per heavy atom. The van der Waals surface area contributed by atoms with Gasteiger partial charge in [-0.25, -0.2) is 4.98 Å². The molecule has 0 aliphatic heterocycles. The Kier molecular flexibility index (Phi) is 8.07. The minimum Gasteiger partial charge on any atom is -0.490 e. The van der Waals surface area contributed by atoms with E-state index >= 15 is 0 Å². The van der Waals surface area contributed by atoms with Gasteiger partial charge in [-0.15, -0.1) is 24.5 Å². The summed E-state index contributed by atoms with van der Waals surface area (Å²) in [7, 11) is 0. The van der Waals surface area contributed by atoms with E-state index in [-0.39, 0.29) is 16.9 Å². The molecule has 2 aromatic heterocycles. The fourth-order valence-corrected chi connectivity index (χ4v) is 4.74. The smallest absolute Gasteiger partial charge is 0.490 e. The summed E-state index contributed by atoms with van der Waals surface area (Å²) in [5.74, 6) is 1.24. The molecule has 206 valence electrons. The van der Waals surface area contributed by atoms with Gasteiger partial charge in [-0.2, -0.15) is 5.26 Å². The minimum atomic E-state index is -4.82. The van der Waals surface area contributed by atoms with Gasteiger partial charge in [0.05, 0.1) is 30.5 Å². The van der Waals surface area contributed by atoms with Gasteiger partial charge in [-0.3, -0.25) is 9.20 Å². The molecule has 0 bridgehead atoms. The highest BCUT2D eigenvalue weighted by Gasteiger charge is 2.31. The number of hydrogen-bond donors (Lipinski definition) is 0. The standard InChI is InChI=1S/C29H24F3N3O4S/c30-29(31,32)39-22-11-8-20(9-12-22)25-23(34-28-35(27(25)36)15-17-40-28)13-10-21-4-3-5-24(37-16-2-1-14-33)26(21)38-18-19-6-7-19/h3-5,8-13,15,17,19H,1-2,6-7,16,18H2/b13-10+. The Bertz CT molecular complexity index is 1620. The average molecular weight is 568 g/mol. The molecule has 0 unspecified atom stereocenters. The molecule has 1 saturated carbocycles. The van der Waals surface area contributed by atoms with Crippen molar-refractivity contribution >= 4 is 28.4 Å². The number of alkyl halides is 3. The van der Waals surface area contributed by atoms with E-state index in [0.717, 1.165) is 25.0 Å². The van der Waals surface area contributed by atoms with Gasteiger partial charge in [0.25, 0.3) is 5.56 Å². The molecule has 11 heteroatoms. The van der Waals surface area contributed by atoms with Crippen molar-refractivity contribution in [1.29, 1.82) is 5.26 Å². The normalized spacial score (nSPS) is 13.4. The minimum absolute atomic E-state index is 0.232. The van der Waals surface area contributed by atoms with Crippen LogP contribution in [0.5, 0.6) is 17.2 Å². The number of aromatic nitrogens is 2. The maximum Gasteiger partial charge on any atom is 0.573 e. The number of thiazole rings is 1. The number of benzene rings is 2. The number of para-hydroxylation sites is 1. The van der Waals surface area contributed by atoms with Crippen LogP contribution in [0, 0.1) is 17.2 Å². The zero-order valence-corrected chi connectivity index (χ0v) is 22.0. The Hall–Kier alpha value is -4.30. The van der Waals surface area contributed by atoms with Gasteiger partial charge in [0.15, 0.2) is 16.5 Å². The number of unbranched alkanes of at least 4 members (excludes halogenated alkanes) is 1. The predicted octanol–water partition coefficient (Wildman–Crippen LogP) is 6.96.